The van der Waals surface area contributed by atoms with Crippen LogP contribution in [-0.2, 0) is 11.3 Å². The van der Waals surface area contributed by atoms with Crippen LogP contribution in [-0.4, -0.2) is 58.4 Å². The molecular formula is C17H22FN5O. The molecule has 6 nitrogen and oxygen atoms in total. The zero-order valence-corrected chi connectivity index (χ0v) is 13.8. The van der Waals surface area contributed by atoms with Crippen LogP contribution < -0.4 is 5.32 Å². The van der Waals surface area contributed by atoms with Gasteiger partial charge in [-0.3, -0.25) is 14.6 Å². The van der Waals surface area contributed by atoms with Crippen molar-refractivity contribution in [2.75, 3.05) is 38.0 Å². The molecule has 2 heterocycles. The van der Waals surface area contributed by atoms with Crippen molar-refractivity contribution in [2.45, 2.75) is 13.5 Å². The monoisotopic (exact) mass is 331 g/mol. The number of amides is 1. The van der Waals surface area contributed by atoms with Gasteiger partial charge < -0.3 is 10.3 Å². The van der Waals surface area contributed by atoms with Crippen molar-refractivity contribution in [3.05, 3.63) is 47.8 Å². The number of benzene rings is 1. The Morgan fingerprint density at radius 1 is 1.25 bits per heavy atom. The molecule has 1 saturated heterocycles. The first-order valence-electron chi connectivity index (χ1n) is 8.10. The first kappa shape index (κ1) is 16.6. The van der Waals surface area contributed by atoms with Gasteiger partial charge in [-0.25, -0.2) is 9.37 Å². The van der Waals surface area contributed by atoms with Gasteiger partial charge >= 0.3 is 0 Å². The normalized spacial score (nSPS) is 16.2. The molecule has 0 radical (unpaired) electrons. The van der Waals surface area contributed by atoms with Gasteiger partial charge in [-0.05, 0) is 19.1 Å². The largest absolute Gasteiger partial charge is 0.345 e. The second-order valence-electron chi connectivity index (χ2n) is 6.09. The van der Waals surface area contributed by atoms with Crippen molar-refractivity contribution < 1.29 is 9.18 Å². The van der Waals surface area contributed by atoms with Gasteiger partial charge in [0.1, 0.15) is 11.6 Å². The van der Waals surface area contributed by atoms with Crippen LogP contribution in [0.25, 0.3) is 0 Å². The zero-order chi connectivity index (χ0) is 16.9. The number of aromatic amines is 1. The van der Waals surface area contributed by atoms with Gasteiger partial charge in [-0.1, -0.05) is 12.1 Å². The van der Waals surface area contributed by atoms with E-state index in [4.69, 9.17) is 0 Å². The molecule has 3 rings (SSSR count). The summed E-state index contributed by atoms with van der Waals surface area (Å²) in [5.74, 6) is 0.373. The molecule has 2 aromatic rings. The van der Waals surface area contributed by atoms with E-state index >= 15 is 0 Å². The Morgan fingerprint density at radius 2 is 1.96 bits per heavy atom. The molecule has 24 heavy (non-hydrogen) atoms. The third kappa shape index (κ3) is 4.39. The van der Waals surface area contributed by atoms with Gasteiger partial charge in [0, 0.05) is 38.1 Å². The molecule has 1 amide bonds. The number of nitrogens with one attached hydrogen (secondary N) is 2. The highest BCUT2D eigenvalue weighted by molar-refractivity contribution is 5.92. The van der Waals surface area contributed by atoms with Crippen LogP contribution in [0.5, 0.6) is 0 Å². The van der Waals surface area contributed by atoms with E-state index in [9.17, 15) is 9.18 Å². The van der Waals surface area contributed by atoms with E-state index in [0.717, 1.165) is 44.2 Å². The molecule has 1 aromatic heterocycles. The zero-order valence-electron chi connectivity index (χ0n) is 13.8. The number of hydrogen-bond acceptors (Lipinski definition) is 4. The first-order chi connectivity index (χ1) is 11.6. The number of nitrogens with zero attached hydrogens (tertiary/aromatic N) is 3. The summed E-state index contributed by atoms with van der Waals surface area (Å²) < 4.78 is 13.5. The Bertz CT molecular complexity index is 694. The second kappa shape index (κ2) is 7.55. The molecule has 0 unspecified atom stereocenters. The van der Waals surface area contributed by atoms with E-state index < -0.39 is 5.82 Å². The van der Waals surface area contributed by atoms with Crippen LogP contribution in [0.4, 0.5) is 10.1 Å². The predicted octanol–water partition coefficient (Wildman–Crippen LogP) is 1.61. The summed E-state index contributed by atoms with van der Waals surface area (Å²) in [5.41, 5.74) is 1.29. The Labute approximate surface area is 140 Å². The SMILES string of the molecule is Cc1cnc(CN2CCN(CC(=O)Nc3ccccc3F)CC2)[nH]1. The van der Waals surface area contributed by atoms with Crippen LogP contribution in [0, 0.1) is 12.7 Å². The lowest BCUT2D eigenvalue weighted by Gasteiger charge is -2.33. The molecule has 0 spiro atoms. The van der Waals surface area contributed by atoms with Crippen LogP contribution >= 0.6 is 0 Å². The molecular weight excluding hydrogens is 309 g/mol. The minimum absolute atomic E-state index is 0.185. The topological polar surface area (TPSA) is 64.3 Å². The van der Waals surface area contributed by atoms with Gasteiger partial charge in [0.25, 0.3) is 0 Å². The highest BCUT2D eigenvalue weighted by Gasteiger charge is 2.20. The minimum atomic E-state index is -0.413. The number of aryl methyl sites for hydroxylation is 1. The number of imidazole rings is 1. The summed E-state index contributed by atoms with van der Waals surface area (Å²) >= 11 is 0. The van der Waals surface area contributed by atoms with E-state index in [1.165, 1.54) is 6.07 Å². The maximum atomic E-state index is 13.5. The molecule has 1 aliphatic rings. The average Bonchev–Trinajstić information content (AvgIpc) is 2.96. The number of carbonyl (C=O) groups excluding carboxylic acids is 1. The number of hydrogen-bond donors (Lipinski definition) is 2. The summed E-state index contributed by atoms with van der Waals surface area (Å²) in [6, 6.07) is 6.21. The highest BCUT2D eigenvalue weighted by atomic mass is 19.1. The highest BCUT2D eigenvalue weighted by Crippen LogP contribution is 2.12. The lowest BCUT2D eigenvalue weighted by Crippen LogP contribution is -2.48. The number of H-pyrrole nitrogens is 1. The quantitative estimate of drug-likeness (QED) is 0.874. The molecule has 0 aliphatic carbocycles. The molecule has 1 aromatic carbocycles. The molecule has 7 heteroatoms. The number of piperazine rings is 1. The van der Waals surface area contributed by atoms with E-state index in [1.807, 2.05) is 13.1 Å². The predicted molar refractivity (Wildman–Crippen MR) is 90.1 cm³/mol. The van der Waals surface area contributed by atoms with E-state index in [2.05, 4.69) is 25.1 Å². The summed E-state index contributed by atoms with van der Waals surface area (Å²) in [6.45, 7) is 6.45. The van der Waals surface area contributed by atoms with E-state index in [0.29, 0.717) is 0 Å². The van der Waals surface area contributed by atoms with E-state index in [-0.39, 0.29) is 18.1 Å². The maximum absolute atomic E-state index is 13.5. The standard InChI is InChI=1S/C17H22FN5O/c1-13-10-19-16(20-13)11-22-6-8-23(9-7-22)12-17(24)21-15-5-3-2-4-14(15)18/h2-5,10H,6-9,11-12H2,1H3,(H,19,20)(H,21,24). The lowest BCUT2D eigenvalue weighted by atomic mass is 10.3. The third-order valence-corrected chi connectivity index (χ3v) is 4.11. The van der Waals surface area contributed by atoms with Crippen molar-refractivity contribution in [3.63, 3.8) is 0 Å². The number of para-hydroxylation sites is 1. The van der Waals surface area contributed by atoms with Gasteiger partial charge in [-0.15, -0.1) is 0 Å². The van der Waals surface area contributed by atoms with Gasteiger partial charge in [0.2, 0.25) is 5.91 Å². The fourth-order valence-electron chi connectivity index (χ4n) is 2.82. The minimum Gasteiger partial charge on any atom is -0.345 e. The number of halogens is 1. The Morgan fingerprint density at radius 3 is 2.62 bits per heavy atom. The van der Waals surface area contributed by atoms with Gasteiger partial charge in [0.15, 0.2) is 0 Å². The average molecular weight is 331 g/mol. The lowest BCUT2D eigenvalue weighted by molar-refractivity contribution is -0.117. The summed E-state index contributed by atoms with van der Waals surface area (Å²) in [6.07, 6.45) is 1.83. The number of rotatable bonds is 5. The Balaban J connectivity index is 1.43. The second-order valence-corrected chi connectivity index (χ2v) is 6.09. The van der Waals surface area contributed by atoms with Crippen molar-refractivity contribution in [1.29, 1.82) is 0 Å². The van der Waals surface area contributed by atoms with E-state index in [1.54, 1.807) is 18.2 Å². The van der Waals surface area contributed by atoms with Crippen LogP contribution in [0.1, 0.15) is 11.5 Å². The smallest absolute Gasteiger partial charge is 0.238 e. The fraction of sp³-hybridized carbons (Fsp3) is 0.412. The van der Waals surface area contributed by atoms with Crippen molar-refractivity contribution in [2.24, 2.45) is 0 Å². The van der Waals surface area contributed by atoms with Crippen LogP contribution in [0.15, 0.2) is 30.5 Å². The third-order valence-electron chi connectivity index (χ3n) is 4.11. The van der Waals surface area contributed by atoms with Crippen LogP contribution in [0.3, 0.4) is 0 Å². The fourth-order valence-corrected chi connectivity index (χ4v) is 2.82. The molecule has 1 fully saturated rings. The number of aromatic nitrogens is 2. The van der Waals surface area contributed by atoms with Crippen LogP contribution in [0.2, 0.25) is 0 Å². The van der Waals surface area contributed by atoms with Crippen molar-refractivity contribution in [1.82, 2.24) is 19.8 Å². The number of carbonyl (C=O) groups is 1. The molecule has 0 bridgehead atoms. The molecule has 0 saturated carbocycles. The molecule has 1 aliphatic heterocycles. The Hall–Kier alpha value is -2.25. The van der Waals surface area contributed by atoms with Crippen molar-refractivity contribution >= 4 is 11.6 Å². The molecule has 0 atom stereocenters. The van der Waals surface area contributed by atoms with Gasteiger partial charge in [-0.2, -0.15) is 0 Å². The molecule has 2 N–H and O–H groups in total. The van der Waals surface area contributed by atoms with Gasteiger partial charge in [0.05, 0.1) is 18.8 Å². The number of anilines is 1. The molecule has 128 valence electrons. The summed E-state index contributed by atoms with van der Waals surface area (Å²) in [4.78, 5) is 24.0. The maximum Gasteiger partial charge on any atom is 0.238 e. The Kier molecular flexibility index (Phi) is 5.22. The van der Waals surface area contributed by atoms with Crippen molar-refractivity contribution in [3.8, 4) is 0 Å². The summed E-state index contributed by atoms with van der Waals surface area (Å²) in [7, 11) is 0. The first-order valence-corrected chi connectivity index (χ1v) is 8.10. The summed E-state index contributed by atoms with van der Waals surface area (Å²) in [5, 5.41) is 2.63.